The monoisotopic (exact) mass is 327 g/mol. The molecule has 128 valence electrons. The Morgan fingerprint density at radius 2 is 1.88 bits per heavy atom. The topological polar surface area (TPSA) is 67.2 Å². The van der Waals surface area contributed by atoms with Crippen molar-refractivity contribution in [3.63, 3.8) is 0 Å². The van der Waals surface area contributed by atoms with E-state index >= 15 is 0 Å². The fourth-order valence-corrected chi connectivity index (χ4v) is 2.90. The summed E-state index contributed by atoms with van der Waals surface area (Å²) in [4.78, 5) is 16.7. The second kappa shape index (κ2) is 6.77. The second-order valence-electron chi connectivity index (χ2n) is 7.38. The van der Waals surface area contributed by atoms with Crippen LogP contribution in [0.3, 0.4) is 0 Å². The summed E-state index contributed by atoms with van der Waals surface area (Å²) in [7, 11) is 0. The number of carbonyl (C=O) groups excluding carboxylic acids is 1. The lowest BCUT2D eigenvalue weighted by Crippen LogP contribution is -2.26. The molecule has 2 aromatic rings. The van der Waals surface area contributed by atoms with Crippen molar-refractivity contribution in [1.29, 1.82) is 0 Å². The Balaban J connectivity index is 1.65. The van der Waals surface area contributed by atoms with E-state index in [1.807, 2.05) is 24.3 Å². The van der Waals surface area contributed by atoms with Crippen molar-refractivity contribution in [2.45, 2.75) is 44.9 Å². The van der Waals surface area contributed by atoms with Gasteiger partial charge in [-0.25, -0.2) is 4.98 Å². The fraction of sp³-hybridized carbons (Fsp3) is 0.474. The molecule has 2 heterocycles. The van der Waals surface area contributed by atoms with Gasteiger partial charge >= 0.3 is 0 Å². The standard InChI is InChI=1S/C19H25N3O2/c1-19(2,3)14-4-6-15(7-5-14)21-17(23)16-12-24-18(22-16)13-8-10-20-11-9-13/h4-7,12-13,20H,8-11H2,1-3H3,(H,21,23). The largest absolute Gasteiger partial charge is 0.448 e. The van der Waals surface area contributed by atoms with Crippen LogP contribution in [0, 0.1) is 0 Å². The zero-order chi connectivity index (χ0) is 17.2. The zero-order valence-electron chi connectivity index (χ0n) is 14.6. The number of amides is 1. The van der Waals surface area contributed by atoms with Gasteiger partial charge in [0.15, 0.2) is 11.6 Å². The molecule has 5 nitrogen and oxygen atoms in total. The molecule has 0 spiro atoms. The van der Waals surface area contributed by atoms with E-state index in [4.69, 9.17) is 4.42 Å². The third kappa shape index (κ3) is 3.85. The van der Waals surface area contributed by atoms with Crippen LogP contribution in [-0.4, -0.2) is 24.0 Å². The summed E-state index contributed by atoms with van der Waals surface area (Å²) in [6.45, 7) is 8.43. The smallest absolute Gasteiger partial charge is 0.277 e. The first-order chi connectivity index (χ1) is 11.4. The highest BCUT2D eigenvalue weighted by molar-refractivity contribution is 6.02. The minimum Gasteiger partial charge on any atom is -0.448 e. The quantitative estimate of drug-likeness (QED) is 0.902. The average Bonchev–Trinajstić information content (AvgIpc) is 3.05. The molecular weight excluding hydrogens is 302 g/mol. The average molecular weight is 327 g/mol. The Hall–Kier alpha value is -2.14. The summed E-state index contributed by atoms with van der Waals surface area (Å²) >= 11 is 0. The number of benzene rings is 1. The summed E-state index contributed by atoms with van der Waals surface area (Å²) in [5, 5.41) is 6.19. The van der Waals surface area contributed by atoms with Gasteiger partial charge in [0.05, 0.1) is 0 Å². The molecule has 0 aliphatic carbocycles. The van der Waals surface area contributed by atoms with Gasteiger partial charge in [-0.15, -0.1) is 0 Å². The molecular formula is C19H25N3O2. The maximum absolute atomic E-state index is 12.3. The molecule has 5 heteroatoms. The lowest BCUT2D eigenvalue weighted by molar-refractivity contribution is 0.102. The van der Waals surface area contributed by atoms with Crippen molar-refractivity contribution < 1.29 is 9.21 Å². The normalized spacial score (nSPS) is 16.1. The van der Waals surface area contributed by atoms with Crippen LogP contribution < -0.4 is 10.6 Å². The van der Waals surface area contributed by atoms with Crippen LogP contribution in [-0.2, 0) is 5.41 Å². The Morgan fingerprint density at radius 1 is 1.21 bits per heavy atom. The van der Waals surface area contributed by atoms with Gasteiger partial charge in [0, 0.05) is 11.6 Å². The molecule has 1 aliphatic rings. The molecule has 1 amide bonds. The lowest BCUT2D eigenvalue weighted by atomic mass is 9.87. The molecule has 1 aromatic heterocycles. The highest BCUT2D eigenvalue weighted by Crippen LogP contribution is 2.25. The summed E-state index contributed by atoms with van der Waals surface area (Å²) in [6, 6.07) is 7.93. The van der Waals surface area contributed by atoms with E-state index in [9.17, 15) is 4.79 Å². The van der Waals surface area contributed by atoms with Gasteiger partial charge in [-0.1, -0.05) is 32.9 Å². The maximum atomic E-state index is 12.3. The lowest BCUT2D eigenvalue weighted by Gasteiger charge is -2.19. The molecule has 24 heavy (non-hydrogen) atoms. The van der Waals surface area contributed by atoms with Crippen LogP contribution in [0.1, 0.15) is 61.5 Å². The van der Waals surface area contributed by atoms with E-state index in [1.54, 1.807) is 0 Å². The highest BCUT2D eigenvalue weighted by atomic mass is 16.3. The molecule has 1 aromatic carbocycles. The van der Waals surface area contributed by atoms with E-state index in [1.165, 1.54) is 11.8 Å². The summed E-state index contributed by atoms with van der Waals surface area (Å²) in [5.74, 6) is 0.742. The molecule has 0 radical (unpaired) electrons. The first-order valence-corrected chi connectivity index (χ1v) is 8.51. The molecule has 0 atom stereocenters. The molecule has 2 N–H and O–H groups in total. The molecule has 3 rings (SSSR count). The number of carbonyl (C=O) groups is 1. The van der Waals surface area contributed by atoms with E-state index in [2.05, 4.69) is 36.4 Å². The molecule has 1 aliphatic heterocycles. The first kappa shape index (κ1) is 16.7. The van der Waals surface area contributed by atoms with Crippen molar-refractivity contribution in [2.75, 3.05) is 18.4 Å². The van der Waals surface area contributed by atoms with Gasteiger partial charge in [0.2, 0.25) is 0 Å². The third-order valence-electron chi connectivity index (χ3n) is 4.45. The number of hydrogen-bond acceptors (Lipinski definition) is 4. The van der Waals surface area contributed by atoms with Crippen molar-refractivity contribution in [3.05, 3.63) is 47.7 Å². The molecule has 0 bridgehead atoms. The SMILES string of the molecule is CC(C)(C)c1ccc(NC(=O)c2coc(C3CCNCC3)n2)cc1. The molecule has 0 saturated carbocycles. The van der Waals surface area contributed by atoms with E-state index in [0.717, 1.165) is 31.6 Å². The van der Waals surface area contributed by atoms with E-state index in [0.29, 0.717) is 17.5 Å². The fourth-order valence-electron chi connectivity index (χ4n) is 2.90. The number of anilines is 1. The van der Waals surface area contributed by atoms with Crippen LogP contribution in [0.4, 0.5) is 5.69 Å². The van der Waals surface area contributed by atoms with Crippen molar-refractivity contribution in [3.8, 4) is 0 Å². The van der Waals surface area contributed by atoms with Gasteiger partial charge in [0.1, 0.15) is 6.26 Å². The molecule has 1 fully saturated rings. The molecule has 1 saturated heterocycles. The number of aromatic nitrogens is 1. The van der Waals surface area contributed by atoms with Crippen molar-refractivity contribution >= 4 is 11.6 Å². The van der Waals surface area contributed by atoms with Crippen LogP contribution in [0.5, 0.6) is 0 Å². The summed E-state index contributed by atoms with van der Waals surface area (Å²) < 4.78 is 5.53. The number of hydrogen-bond donors (Lipinski definition) is 2. The Labute approximate surface area is 142 Å². The van der Waals surface area contributed by atoms with Gasteiger partial charge in [-0.05, 0) is 49.0 Å². The van der Waals surface area contributed by atoms with Crippen LogP contribution in [0.2, 0.25) is 0 Å². The predicted octanol–water partition coefficient (Wildman–Crippen LogP) is 3.69. The van der Waals surface area contributed by atoms with Crippen molar-refractivity contribution in [2.24, 2.45) is 0 Å². The van der Waals surface area contributed by atoms with E-state index < -0.39 is 0 Å². The number of rotatable bonds is 3. The van der Waals surface area contributed by atoms with Gasteiger partial charge < -0.3 is 15.1 Å². The number of nitrogens with one attached hydrogen (secondary N) is 2. The number of nitrogens with zero attached hydrogens (tertiary/aromatic N) is 1. The van der Waals surface area contributed by atoms with Gasteiger partial charge in [-0.3, -0.25) is 4.79 Å². The summed E-state index contributed by atoms with van der Waals surface area (Å²) in [5.41, 5.74) is 2.43. The van der Waals surface area contributed by atoms with Gasteiger partial charge in [0.25, 0.3) is 5.91 Å². The second-order valence-corrected chi connectivity index (χ2v) is 7.38. The summed E-state index contributed by atoms with van der Waals surface area (Å²) in [6.07, 6.45) is 3.45. The highest BCUT2D eigenvalue weighted by Gasteiger charge is 2.22. The first-order valence-electron chi connectivity index (χ1n) is 8.51. The number of piperidine rings is 1. The maximum Gasteiger partial charge on any atom is 0.277 e. The minimum atomic E-state index is -0.234. The Morgan fingerprint density at radius 3 is 2.50 bits per heavy atom. The van der Waals surface area contributed by atoms with Crippen LogP contribution in [0.15, 0.2) is 34.9 Å². The Kier molecular flexibility index (Phi) is 4.71. The minimum absolute atomic E-state index is 0.0956. The van der Waals surface area contributed by atoms with Crippen LogP contribution in [0.25, 0.3) is 0 Å². The van der Waals surface area contributed by atoms with Crippen LogP contribution >= 0.6 is 0 Å². The van der Waals surface area contributed by atoms with Crippen molar-refractivity contribution in [1.82, 2.24) is 10.3 Å². The van der Waals surface area contributed by atoms with E-state index in [-0.39, 0.29) is 11.3 Å². The predicted molar refractivity (Wildman–Crippen MR) is 94.4 cm³/mol. The third-order valence-corrected chi connectivity index (χ3v) is 4.45. The number of oxazole rings is 1. The Bertz CT molecular complexity index is 692. The molecule has 0 unspecified atom stereocenters. The van der Waals surface area contributed by atoms with Gasteiger partial charge in [-0.2, -0.15) is 0 Å². The zero-order valence-corrected chi connectivity index (χ0v) is 14.6.